The molecule has 0 radical (unpaired) electrons. The monoisotopic (exact) mass is 869 g/mol. The molecule has 15 nitrogen and oxygen atoms in total. The maximum atomic E-state index is 15.4. The van der Waals surface area contributed by atoms with Gasteiger partial charge >= 0.3 is 24.1 Å². The van der Waals surface area contributed by atoms with E-state index in [0.29, 0.717) is 36.8 Å². The van der Waals surface area contributed by atoms with Crippen molar-refractivity contribution in [3.63, 3.8) is 0 Å². The number of hydrogen-bond acceptors (Lipinski definition) is 13. The number of carbonyl (C=O) groups is 5. The second-order valence-electron chi connectivity index (χ2n) is 17.9. The maximum Gasteiger partial charge on any atom is 0.422 e. The molecule has 2 bridgehead atoms. The molecule has 4 saturated heterocycles. The molecule has 2 aromatic carbocycles. The molecule has 1 saturated carbocycles. The number of likely N-dealkylation sites (tertiary alicyclic amines) is 1. The molecule has 2 aliphatic carbocycles. The van der Waals surface area contributed by atoms with Crippen LogP contribution in [0.2, 0.25) is 0 Å². The summed E-state index contributed by atoms with van der Waals surface area (Å²) in [4.78, 5) is 76.1. The van der Waals surface area contributed by atoms with E-state index >= 15 is 4.79 Å². The van der Waals surface area contributed by atoms with Gasteiger partial charge in [-0.25, -0.2) is 4.79 Å². The van der Waals surface area contributed by atoms with Crippen LogP contribution in [0.3, 0.4) is 0 Å². The Bertz CT molecular complexity index is 2080. The normalized spacial score (nSPS) is 29.0. The van der Waals surface area contributed by atoms with Crippen molar-refractivity contribution in [2.45, 2.75) is 132 Å². The third-order valence-electron chi connectivity index (χ3n) is 12.3. The first-order chi connectivity index (χ1) is 29.4. The van der Waals surface area contributed by atoms with Crippen LogP contribution in [-0.2, 0) is 71.9 Å². The Morgan fingerprint density at radius 2 is 1.71 bits per heavy atom. The average Bonchev–Trinajstić information content (AvgIpc) is 4.00. The zero-order valence-corrected chi connectivity index (χ0v) is 34.6. The predicted octanol–water partition coefficient (Wildman–Crippen LogP) is 3.47. The Morgan fingerprint density at radius 3 is 2.37 bits per heavy atom. The lowest BCUT2D eigenvalue weighted by Gasteiger charge is -2.50. The van der Waals surface area contributed by atoms with E-state index in [9.17, 15) is 37.5 Å². The van der Waals surface area contributed by atoms with E-state index in [-0.39, 0.29) is 32.4 Å². The summed E-state index contributed by atoms with van der Waals surface area (Å²) < 4.78 is 66.7. The number of aliphatic hydroxyl groups excluding tert-OH is 1. The lowest BCUT2D eigenvalue weighted by Crippen LogP contribution is -2.70. The molecule has 6 aliphatic rings. The molecule has 4 aliphatic heterocycles. The number of benzene rings is 2. The SMILES string of the molecule is CC(C)(C)OC(=O)CCC(CO)NC(=O)C1CCCN1C(=O)C12CC3OC(=O)C1N(Cc1ccc(C=CC(=O)OCC(F)(F)F)cc1)OC2C1OC2(Cc4ccccc4C2)OC31. The van der Waals surface area contributed by atoms with Crippen molar-refractivity contribution >= 4 is 35.8 Å². The third kappa shape index (κ3) is 8.71. The predicted molar refractivity (Wildman–Crippen MR) is 209 cm³/mol. The van der Waals surface area contributed by atoms with E-state index in [0.717, 1.165) is 17.2 Å². The van der Waals surface area contributed by atoms with Gasteiger partial charge in [0.05, 0.1) is 19.2 Å². The van der Waals surface area contributed by atoms with Gasteiger partial charge in [0.15, 0.2) is 18.4 Å². The number of alkyl halides is 3. The van der Waals surface area contributed by atoms with Crippen molar-refractivity contribution in [3.8, 4) is 0 Å². The summed E-state index contributed by atoms with van der Waals surface area (Å²) in [5, 5.41) is 14.4. The van der Waals surface area contributed by atoms with Crippen LogP contribution >= 0.6 is 0 Å². The zero-order valence-electron chi connectivity index (χ0n) is 34.6. The van der Waals surface area contributed by atoms with Gasteiger partial charge in [-0.05, 0) is 68.4 Å². The molecule has 18 heteroatoms. The number of esters is 3. The fourth-order valence-electron chi connectivity index (χ4n) is 9.76. The average molecular weight is 870 g/mol. The molecular weight excluding hydrogens is 819 g/mol. The molecule has 2 aromatic rings. The molecule has 0 aromatic heterocycles. The van der Waals surface area contributed by atoms with Crippen LogP contribution in [0.4, 0.5) is 13.2 Å². The van der Waals surface area contributed by atoms with Crippen LogP contribution in [0.15, 0.2) is 54.6 Å². The molecule has 2 N–H and O–H groups in total. The van der Waals surface area contributed by atoms with Gasteiger partial charge in [0.1, 0.15) is 41.5 Å². The molecule has 5 fully saturated rings. The molecule has 1 spiro atoms. The van der Waals surface area contributed by atoms with E-state index in [1.807, 2.05) is 24.3 Å². The smallest absolute Gasteiger partial charge is 0.422 e. The van der Waals surface area contributed by atoms with Gasteiger partial charge in [-0.15, -0.1) is 0 Å². The summed E-state index contributed by atoms with van der Waals surface area (Å²) in [6, 6.07) is 11.5. The number of amides is 2. The molecule has 62 heavy (non-hydrogen) atoms. The molecule has 8 atom stereocenters. The zero-order chi connectivity index (χ0) is 44.2. The molecule has 8 unspecified atom stereocenters. The van der Waals surface area contributed by atoms with Crippen molar-refractivity contribution in [2.75, 3.05) is 19.8 Å². The largest absolute Gasteiger partial charge is 0.460 e. The molecule has 8 rings (SSSR count). The second-order valence-corrected chi connectivity index (χ2v) is 17.9. The first kappa shape index (κ1) is 43.8. The van der Waals surface area contributed by atoms with Crippen molar-refractivity contribution in [3.05, 3.63) is 76.9 Å². The molecule has 2 amide bonds. The highest BCUT2D eigenvalue weighted by Gasteiger charge is 2.77. The van der Waals surface area contributed by atoms with Crippen LogP contribution in [0.5, 0.6) is 0 Å². The summed E-state index contributed by atoms with van der Waals surface area (Å²) >= 11 is 0. The maximum absolute atomic E-state index is 15.4. The van der Waals surface area contributed by atoms with Crippen LogP contribution in [0, 0.1) is 5.41 Å². The summed E-state index contributed by atoms with van der Waals surface area (Å²) in [6.07, 6.45) is -4.21. The Balaban J connectivity index is 1.05. The van der Waals surface area contributed by atoms with Gasteiger partial charge in [0.25, 0.3) is 0 Å². The minimum Gasteiger partial charge on any atom is -0.460 e. The first-order valence-corrected chi connectivity index (χ1v) is 20.9. The van der Waals surface area contributed by atoms with E-state index in [1.165, 1.54) is 16.0 Å². The second kappa shape index (κ2) is 16.7. The Labute approximate surface area is 355 Å². The van der Waals surface area contributed by atoms with E-state index < -0.39 is 108 Å². The Hall–Kier alpha value is -4.88. The van der Waals surface area contributed by atoms with Crippen molar-refractivity contribution in [1.29, 1.82) is 0 Å². The van der Waals surface area contributed by atoms with E-state index in [2.05, 4.69) is 10.1 Å². The highest BCUT2D eigenvalue weighted by Crippen LogP contribution is 2.59. The van der Waals surface area contributed by atoms with Gasteiger partial charge in [0, 0.05) is 38.3 Å². The van der Waals surface area contributed by atoms with Crippen LogP contribution in [0.1, 0.15) is 75.1 Å². The number of ether oxygens (including phenoxy) is 5. The van der Waals surface area contributed by atoms with Gasteiger partial charge < -0.3 is 39.0 Å². The minimum absolute atomic E-state index is 0.0118. The van der Waals surface area contributed by atoms with Crippen molar-refractivity contribution < 1.29 is 70.8 Å². The highest BCUT2D eigenvalue weighted by molar-refractivity contribution is 5.96. The number of rotatable bonds is 12. The van der Waals surface area contributed by atoms with Gasteiger partial charge in [-0.3, -0.25) is 24.0 Å². The standard InChI is InChI=1S/C44H50F3N3O12/c1-41(2,3)59-33(53)17-15-29(23-51)48-38(54)30-9-6-18-49(30)40(56)43-21-31-34-35(61-42(60-34)19-27-7-4-5-8-28(27)20-42)37(43)62-50(36(43)39(55)58-31)22-26-12-10-25(11-13-26)14-16-32(52)57-24-44(45,46)47/h4-5,7-8,10-14,16,29-31,34-37,51H,6,9,15,17-24H2,1-3H3,(H,48,54). The summed E-state index contributed by atoms with van der Waals surface area (Å²) in [7, 11) is 0. The first-order valence-electron chi connectivity index (χ1n) is 20.9. The Kier molecular flexibility index (Phi) is 11.8. The van der Waals surface area contributed by atoms with Gasteiger partial charge in [0.2, 0.25) is 11.8 Å². The lowest BCUT2D eigenvalue weighted by atomic mass is 9.62. The molecule has 4 heterocycles. The number of hydrogen-bond donors (Lipinski definition) is 2. The number of carbonyl (C=O) groups excluding carboxylic acids is 5. The number of aliphatic hydroxyl groups is 1. The third-order valence-corrected chi connectivity index (χ3v) is 12.3. The van der Waals surface area contributed by atoms with Crippen LogP contribution in [0.25, 0.3) is 6.08 Å². The summed E-state index contributed by atoms with van der Waals surface area (Å²) in [5.41, 5.74) is 0.941. The van der Waals surface area contributed by atoms with Crippen LogP contribution in [-0.4, -0.2) is 125 Å². The molecule has 334 valence electrons. The van der Waals surface area contributed by atoms with E-state index in [4.69, 9.17) is 23.8 Å². The van der Waals surface area contributed by atoms with Crippen molar-refractivity contribution in [1.82, 2.24) is 15.3 Å². The summed E-state index contributed by atoms with van der Waals surface area (Å²) in [5.74, 6) is -4.40. The van der Waals surface area contributed by atoms with Gasteiger partial charge in [-0.2, -0.15) is 18.2 Å². The number of halogens is 3. The number of fused-ring (bicyclic) bond motifs is 5. The Morgan fingerprint density at radius 1 is 1.02 bits per heavy atom. The molecular formula is C44H50F3N3O12. The number of hydroxylamine groups is 2. The number of nitrogens with one attached hydrogen (secondary N) is 1. The van der Waals surface area contributed by atoms with Crippen LogP contribution < -0.4 is 5.32 Å². The topological polar surface area (TPSA) is 179 Å². The highest BCUT2D eigenvalue weighted by atomic mass is 19.4. The van der Waals surface area contributed by atoms with Gasteiger partial charge in [-0.1, -0.05) is 48.5 Å². The quantitative estimate of drug-likeness (QED) is 0.180. The minimum atomic E-state index is -4.66. The number of nitrogens with zero attached hydrogens (tertiary/aromatic N) is 2. The van der Waals surface area contributed by atoms with E-state index in [1.54, 1.807) is 45.0 Å². The lowest BCUT2D eigenvalue weighted by molar-refractivity contribution is -0.218. The fourth-order valence-corrected chi connectivity index (χ4v) is 9.76. The van der Waals surface area contributed by atoms with Crippen molar-refractivity contribution in [2.24, 2.45) is 5.41 Å². The summed E-state index contributed by atoms with van der Waals surface area (Å²) in [6.45, 7) is 3.27. The fraction of sp³-hybridized carbons (Fsp3) is 0.568.